The van der Waals surface area contributed by atoms with Crippen LogP contribution in [0.2, 0.25) is 0 Å². The van der Waals surface area contributed by atoms with Gasteiger partial charge in [-0.25, -0.2) is 15.0 Å². The Kier molecular flexibility index (Phi) is 7.01. The number of ether oxygens (including phenoxy) is 2. The number of nitrogens with two attached hydrogens (primary N) is 1. The number of aromatic nitrogens is 4. The van der Waals surface area contributed by atoms with Gasteiger partial charge in [0.25, 0.3) is 0 Å². The molecule has 0 amide bonds. The molecular formula is C20H22N6O3. The summed E-state index contributed by atoms with van der Waals surface area (Å²) in [6.07, 6.45) is 6.35. The first-order chi connectivity index (χ1) is 14.2. The second-order valence-corrected chi connectivity index (χ2v) is 6.13. The van der Waals surface area contributed by atoms with E-state index in [1.165, 1.54) is 12.4 Å². The van der Waals surface area contributed by atoms with Crippen molar-refractivity contribution in [3.63, 3.8) is 0 Å². The van der Waals surface area contributed by atoms with Gasteiger partial charge in [-0.2, -0.15) is 0 Å². The zero-order valence-electron chi connectivity index (χ0n) is 16.0. The molecular weight excluding hydrogens is 372 g/mol. The number of methoxy groups -OCH3 is 1. The van der Waals surface area contributed by atoms with Crippen molar-refractivity contribution in [3.05, 3.63) is 66.0 Å². The van der Waals surface area contributed by atoms with Crippen LogP contribution >= 0.6 is 0 Å². The smallest absolute Gasteiger partial charge is 0.232 e. The van der Waals surface area contributed by atoms with Gasteiger partial charge in [-0.05, 0) is 29.8 Å². The Hall–Kier alpha value is -3.59. The maximum atomic E-state index is 12.5. The predicted molar refractivity (Wildman–Crippen MR) is 108 cm³/mol. The molecule has 0 saturated carbocycles. The van der Waals surface area contributed by atoms with Gasteiger partial charge >= 0.3 is 0 Å². The quantitative estimate of drug-likeness (QED) is 0.392. The third-order valence-corrected chi connectivity index (χ3v) is 4.00. The first-order valence-electron chi connectivity index (χ1n) is 9.01. The van der Waals surface area contributed by atoms with E-state index in [2.05, 4.69) is 25.3 Å². The van der Waals surface area contributed by atoms with Gasteiger partial charge in [-0.3, -0.25) is 9.78 Å². The van der Waals surface area contributed by atoms with Crippen LogP contribution in [0.25, 0.3) is 0 Å². The fourth-order valence-electron chi connectivity index (χ4n) is 2.53. The average Bonchev–Trinajstić information content (AvgIpc) is 2.74. The van der Waals surface area contributed by atoms with Crippen molar-refractivity contribution in [3.8, 4) is 5.88 Å². The SMILES string of the molecule is COCCOc1cnc(C(=O)Cc2ccnc(CNc3cccnc3N)c2)cn1. The van der Waals surface area contributed by atoms with Crippen LogP contribution in [0.15, 0.2) is 49.1 Å². The normalized spacial score (nSPS) is 10.5. The number of hydrogen-bond acceptors (Lipinski definition) is 9. The summed E-state index contributed by atoms with van der Waals surface area (Å²) in [7, 11) is 1.59. The zero-order chi connectivity index (χ0) is 20.5. The lowest BCUT2D eigenvalue weighted by Crippen LogP contribution is -2.10. The number of carbonyl (C=O) groups is 1. The Labute approximate surface area is 168 Å². The molecule has 0 aliphatic rings. The zero-order valence-corrected chi connectivity index (χ0v) is 16.0. The lowest BCUT2D eigenvalue weighted by molar-refractivity contribution is 0.0987. The van der Waals surface area contributed by atoms with Crippen LogP contribution in [0.1, 0.15) is 21.7 Å². The molecule has 0 fully saturated rings. The van der Waals surface area contributed by atoms with Crippen molar-refractivity contribution >= 4 is 17.3 Å². The minimum Gasteiger partial charge on any atom is -0.474 e. The second-order valence-electron chi connectivity index (χ2n) is 6.13. The summed E-state index contributed by atoms with van der Waals surface area (Å²) in [6, 6.07) is 7.32. The van der Waals surface area contributed by atoms with Crippen LogP contribution in [-0.2, 0) is 17.7 Å². The first kappa shape index (κ1) is 20.2. The number of hydrogen-bond donors (Lipinski definition) is 2. The molecule has 0 saturated heterocycles. The number of carbonyl (C=O) groups excluding carboxylic acids is 1. The maximum absolute atomic E-state index is 12.5. The molecule has 3 aromatic rings. The minimum absolute atomic E-state index is 0.137. The topological polar surface area (TPSA) is 125 Å². The summed E-state index contributed by atoms with van der Waals surface area (Å²) in [5, 5.41) is 3.19. The molecule has 0 atom stereocenters. The highest BCUT2D eigenvalue weighted by Gasteiger charge is 2.11. The summed E-state index contributed by atoms with van der Waals surface area (Å²) >= 11 is 0. The highest BCUT2D eigenvalue weighted by Crippen LogP contribution is 2.15. The van der Waals surface area contributed by atoms with E-state index in [4.69, 9.17) is 15.2 Å². The lowest BCUT2D eigenvalue weighted by Gasteiger charge is -2.09. The molecule has 0 aromatic carbocycles. The number of pyridine rings is 2. The van der Waals surface area contributed by atoms with Crippen LogP contribution in [0.5, 0.6) is 5.88 Å². The van der Waals surface area contributed by atoms with Crippen LogP contribution < -0.4 is 15.8 Å². The molecule has 150 valence electrons. The van der Waals surface area contributed by atoms with Gasteiger partial charge in [0, 0.05) is 25.9 Å². The average molecular weight is 394 g/mol. The molecule has 3 aromatic heterocycles. The Balaban J connectivity index is 1.58. The summed E-state index contributed by atoms with van der Waals surface area (Å²) in [5.41, 5.74) is 8.46. The number of rotatable bonds is 10. The summed E-state index contributed by atoms with van der Waals surface area (Å²) < 4.78 is 10.3. The van der Waals surface area contributed by atoms with E-state index in [0.29, 0.717) is 31.5 Å². The van der Waals surface area contributed by atoms with Gasteiger partial charge in [0.1, 0.15) is 18.1 Å². The van der Waals surface area contributed by atoms with E-state index in [9.17, 15) is 4.79 Å². The number of nitrogen functional groups attached to an aromatic ring is 1. The number of anilines is 2. The summed E-state index contributed by atoms with van der Waals surface area (Å²) in [5.74, 6) is 0.639. The Morgan fingerprint density at radius 3 is 2.76 bits per heavy atom. The number of Topliss-reactive ketones (excluding diaryl/α,β-unsaturated/α-hetero) is 1. The maximum Gasteiger partial charge on any atom is 0.232 e. The van der Waals surface area contributed by atoms with Crippen molar-refractivity contribution < 1.29 is 14.3 Å². The van der Waals surface area contributed by atoms with Gasteiger partial charge in [-0.1, -0.05) is 0 Å². The summed E-state index contributed by atoms with van der Waals surface area (Å²) in [6.45, 7) is 1.29. The van der Waals surface area contributed by atoms with Crippen LogP contribution in [0.4, 0.5) is 11.5 Å². The molecule has 3 rings (SSSR count). The second kappa shape index (κ2) is 10.1. The van der Waals surface area contributed by atoms with Crippen molar-refractivity contribution in [1.82, 2.24) is 19.9 Å². The molecule has 29 heavy (non-hydrogen) atoms. The van der Waals surface area contributed by atoms with E-state index in [0.717, 1.165) is 16.9 Å². The number of nitrogens with one attached hydrogen (secondary N) is 1. The van der Waals surface area contributed by atoms with Crippen LogP contribution in [0, 0.1) is 0 Å². The molecule has 0 radical (unpaired) electrons. The minimum atomic E-state index is -0.137. The molecule has 0 bridgehead atoms. The molecule has 9 nitrogen and oxygen atoms in total. The van der Waals surface area contributed by atoms with E-state index < -0.39 is 0 Å². The number of nitrogens with zero attached hydrogens (tertiary/aromatic N) is 4. The van der Waals surface area contributed by atoms with Gasteiger partial charge < -0.3 is 20.5 Å². The van der Waals surface area contributed by atoms with Gasteiger partial charge in [0.05, 0.1) is 36.9 Å². The first-order valence-corrected chi connectivity index (χ1v) is 9.01. The van der Waals surface area contributed by atoms with E-state index in [1.807, 2.05) is 12.1 Å². The van der Waals surface area contributed by atoms with E-state index >= 15 is 0 Å². The molecule has 3 N–H and O–H groups in total. The molecule has 0 spiro atoms. The third kappa shape index (κ3) is 5.94. The fourth-order valence-corrected chi connectivity index (χ4v) is 2.53. The lowest BCUT2D eigenvalue weighted by atomic mass is 10.1. The van der Waals surface area contributed by atoms with Crippen molar-refractivity contribution in [2.45, 2.75) is 13.0 Å². The molecule has 0 aliphatic heterocycles. The van der Waals surface area contributed by atoms with Crippen molar-refractivity contribution in [2.75, 3.05) is 31.4 Å². The Bertz CT molecular complexity index is 949. The standard InChI is InChI=1S/C20H22N6O3/c1-28-7-8-29-19-13-25-17(12-26-19)18(27)10-14-4-6-22-15(9-14)11-24-16-3-2-5-23-20(16)21/h2-6,9,12-13,24H,7-8,10-11H2,1H3,(H2,21,23). The van der Waals surface area contributed by atoms with Crippen LogP contribution in [-0.4, -0.2) is 46.0 Å². The van der Waals surface area contributed by atoms with Crippen molar-refractivity contribution in [1.29, 1.82) is 0 Å². The molecule has 9 heteroatoms. The van der Waals surface area contributed by atoms with E-state index in [1.54, 1.807) is 31.6 Å². The van der Waals surface area contributed by atoms with Gasteiger partial charge in [-0.15, -0.1) is 0 Å². The fraction of sp³-hybridized carbons (Fsp3) is 0.250. The van der Waals surface area contributed by atoms with Crippen LogP contribution in [0.3, 0.4) is 0 Å². The highest BCUT2D eigenvalue weighted by molar-refractivity contribution is 5.95. The third-order valence-electron chi connectivity index (χ3n) is 4.00. The van der Waals surface area contributed by atoms with Crippen molar-refractivity contribution in [2.24, 2.45) is 0 Å². The predicted octanol–water partition coefficient (Wildman–Crippen LogP) is 1.91. The number of ketones is 1. The monoisotopic (exact) mass is 394 g/mol. The molecule has 0 unspecified atom stereocenters. The van der Waals surface area contributed by atoms with Gasteiger partial charge in [0.15, 0.2) is 5.78 Å². The Morgan fingerprint density at radius 1 is 1.10 bits per heavy atom. The van der Waals surface area contributed by atoms with E-state index in [-0.39, 0.29) is 17.9 Å². The highest BCUT2D eigenvalue weighted by atomic mass is 16.5. The molecule has 3 heterocycles. The Morgan fingerprint density at radius 2 is 2.00 bits per heavy atom. The van der Waals surface area contributed by atoms with Gasteiger partial charge in [0.2, 0.25) is 5.88 Å². The largest absolute Gasteiger partial charge is 0.474 e. The molecule has 0 aliphatic carbocycles. The summed E-state index contributed by atoms with van der Waals surface area (Å²) in [4.78, 5) is 29.1.